The lowest BCUT2D eigenvalue weighted by molar-refractivity contribution is -0.124. The van der Waals surface area contributed by atoms with Crippen molar-refractivity contribution < 1.29 is 9.90 Å². The fourth-order valence-electron chi connectivity index (χ4n) is 2.20. The quantitative estimate of drug-likeness (QED) is 0.711. The van der Waals surface area contributed by atoms with Gasteiger partial charge in [-0.25, -0.2) is 0 Å². The van der Waals surface area contributed by atoms with E-state index in [4.69, 9.17) is 5.73 Å². The summed E-state index contributed by atoms with van der Waals surface area (Å²) in [4.78, 5) is 11.6. The maximum absolute atomic E-state index is 11.6. The van der Waals surface area contributed by atoms with Gasteiger partial charge in [0.1, 0.15) is 0 Å². The number of aliphatic hydroxyl groups is 1. The average Bonchev–Trinajstić information content (AvgIpc) is 2.36. The van der Waals surface area contributed by atoms with E-state index in [-0.39, 0.29) is 6.54 Å². The molecule has 0 saturated carbocycles. The first kappa shape index (κ1) is 17.1. The second-order valence-corrected chi connectivity index (χ2v) is 6.66. The highest BCUT2D eigenvalue weighted by molar-refractivity contribution is 9.10. The Bertz CT molecular complexity index is 448. The fourth-order valence-corrected chi connectivity index (χ4v) is 2.47. The molecule has 20 heavy (non-hydrogen) atoms. The molecule has 0 heterocycles. The Hall–Kier alpha value is -0.910. The second kappa shape index (κ2) is 7.20. The van der Waals surface area contributed by atoms with Crippen molar-refractivity contribution in [2.75, 3.05) is 6.54 Å². The van der Waals surface area contributed by atoms with E-state index in [0.717, 1.165) is 10.0 Å². The monoisotopic (exact) mass is 342 g/mol. The van der Waals surface area contributed by atoms with E-state index < -0.39 is 17.6 Å². The summed E-state index contributed by atoms with van der Waals surface area (Å²) in [5.41, 5.74) is 5.48. The molecule has 2 unspecified atom stereocenters. The highest BCUT2D eigenvalue weighted by Gasteiger charge is 2.31. The molecule has 0 saturated heterocycles. The number of amides is 1. The molecule has 0 aliphatic rings. The Morgan fingerprint density at radius 1 is 1.40 bits per heavy atom. The smallest absolute Gasteiger partial charge is 0.237 e. The number of halogens is 1. The van der Waals surface area contributed by atoms with Crippen LogP contribution >= 0.6 is 15.9 Å². The number of β-amino-alcohol motifs (C(OH)–C–C–N with tert-alkyl or cyclic N) is 1. The van der Waals surface area contributed by atoms with Crippen LogP contribution in [0.4, 0.5) is 0 Å². The largest absolute Gasteiger partial charge is 0.387 e. The van der Waals surface area contributed by atoms with Crippen LogP contribution in [0.2, 0.25) is 0 Å². The number of carbonyl (C=O) groups excluding carboxylic acids is 1. The Balaban J connectivity index is 2.67. The molecule has 0 aliphatic heterocycles. The number of nitrogens with one attached hydrogen (secondary N) is 1. The minimum atomic E-state index is -0.801. The molecule has 4 N–H and O–H groups in total. The van der Waals surface area contributed by atoms with Gasteiger partial charge in [-0.2, -0.15) is 0 Å². The third kappa shape index (κ3) is 4.89. The molecule has 5 heteroatoms. The first-order valence-electron chi connectivity index (χ1n) is 6.73. The van der Waals surface area contributed by atoms with E-state index in [2.05, 4.69) is 21.2 Å². The summed E-state index contributed by atoms with van der Waals surface area (Å²) >= 11 is 3.35. The lowest BCUT2D eigenvalue weighted by atomic mass is 9.89. The SMILES string of the molecule is CC(C)CC(C)(NCC(O)c1ccc(Br)cc1)C(N)=O. The summed E-state index contributed by atoms with van der Waals surface area (Å²) in [7, 11) is 0. The Morgan fingerprint density at radius 3 is 2.40 bits per heavy atom. The molecule has 0 aliphatic carbocycles. The van der Waals surface area contributed by atoms with Gasteiger partial charge in [-0.1, -0.05) is 41.9 Å². The van der Waals surface area contributed by atoms with Crippen LogP contribution in [0.3, 0.4) is 0 Å². The Kier molecular flexibility index (Phi) is 6.17. The topological polar surface area (TPSA) is 75.3 Å². The number of rotatable bonds is 7. The van der Waals surface area contributed by atoms with Crippen molar-refractivity contribution >= 4 is 21.8 Å². The summed E-state index contributed by atoms with van der Waals surface area (Å²) in [6, 6.07) is 7.45. The number of carbonyl (C=O) groups is 1. The van der Waals surface area contributed by atoms with Gasteiger partial charge in [-0.3, -0.25) is 4.79 Å². The van der Waals surface area contributed by atoms with Gasteiger partial charge in [-0.15, -0.1) is 0 Å². The molecule has 1 aromatic carbocycles. The lowest BCUT2D eigenvalue weighted by Gasteiger charge is -2.30. The molecule has 0 bridgehead atoms. The fraction of sp³-hybridized carbons (Fsp3) is 0.533. The van der Waals surface area contributed by atoms with Crippen LogP contribution in [0.1, 0.15) is 38.9 Å². The first-order chi connectivity index (χ1) is 9.24. The molecular weight excluding hydrogens is 320 g/mol. The van der Waals surface area contributed by atoms with Gasteiger partial charge in [0.25, 0.3) is 0 Å². The molecule has 1 rings (SSSR count). The molecular formula is C15H23BrN2O2. The molecule has 2 atom stereocenters. The van der Waals surface area contributed by atoms with Crippen LogP contribution in [-0.2, 0) is 4.79 Å². The zero-order valence-electron chi connectivity index (χ0n) is 12.2. The number of nitrogens with two attached hydrogens (primary N) is 1. The summed E-state index contributed by atoms with van der Waals surface area (Å²) in [6.45, 7) is 6.14. The third-order valence-corrected chi connectivity index (χ3v) is 3.83. The van der Waals surface area contributed by atoms with Crippen LogP contribution in [0.15, 0.2) is 28.7 Å². The molecule has 1 aromatic rings. The number of primary amides is 1. The van der Waals surface area contributed by atoms with Crippen LogP contribution in [-0.4, -0.2) is 23.1 Å². The normalized spacial score (nSPS) is 15.9. The Morgan fingerprint density at radius 2 is 1.95 bits per heavy atom. The van der Waals surface area contributed by atoms with Gasteiger partial charge >= 0.3 is 0 Å². The van der Waals surface area contributed by atoms with E-state index in [1.165, 1.54) is 0 Å². The van der Waals surface area contributed by atoms with Crippen molar-refractivity contribution in [3.63, 3.8) is 0 Å². The lowest BCUT2D eigenvalue weighted by Crippen LogP contribution is -2.54. The van der Waals surface area contributed by atoms with E-state index in [0.29, 0.717) is 12.3 Å². The average molecular weight is 343 g/mol. The van der Waals surface area contributed by atoms with E-state index in [1.54, 1.807) is 6.92 Å². The van der Waals surface area contributed by atoms with Crippen molar-refractivity contribution in [2.45, 2.75) is 38.8 Å². The summed E-state index contributed by atoms with van der Waals surface area (Å²) in [5, 5.41) is 13.3. The van der Waals surface area contributed by atoms with Gasteiger partial charge in [0.05, 0.1) is 11.6 Å². The molecule has 0 spiro atoms. The number of aliphatic hydroxyl groups excluding tert-OH is 1. The Labute approximate surface area is 128 Å². The van der Waals surface area contributed by atoms with Crippen molar-refractivity contribution in [3.8, 4) is 0 Å². The van der Waals surface area contributed by atoms with Crippen LogP contribution in [0.25, 0.3) is 0 Å². The van der Waals surface area contributed by atoms with Gasteiger partial charge in [0.15, 0.2) is 0 Å². The number of benzene rings is 1. The predicted molar refractivity (Wildman–Crippen MR) is 84.2 cm³/mol. The number of hydrogen-bond acceptors (Lipinski definition) is 3. The first-order valence-corrected chi connectivity index (χ1v) is 7.52. The second-order valence-electron chi connectivity index (χ2n) is 5.74. The van der Waals surface area contributed by atoms with Crippen molar-refractivity contribution in [1.82, 2.24) is 5.32 Å². The highest BCUT2D eigenvalue weighted by atomic mass is 79.9. The molecule has 0 radical (unpaired) electrons. The van der Waals surface area contributed by atoms with Gasteiger partial charge in [0, 0.05) is 11.0 Å². The molecule has 4 nitrogen and oxygen atoms in total. The highest BCUT2D eigenvalue weighted by Crippen LogP contribution is 2.20. The van der Waals surface area contributed by atoms with E-state index >= 15 is 0 Å². The van der Waals surface area contributed by atoms with Crippen molar-refractivity contribution in [2.24, 2.45) is 11.7 Å². The predicted octanol–water partition coefficient (Wildman–Crippen LogP) is 2.36. The van der Waals surface area contributed by atoms with Crippen molar-refractivity contribution in [1.29, 1.82) is 0 Å². The van der Waals surface area contributed by atoms with Crippen LogP contribution in [0.5, 0.6) is 0 Å². The summed E-state index contributed by atoms with van der Waals surface area (Å²) in [5.74, 6) is -0.0565. The van der Waals surface area contributed by atoms with Crippen LogP contribution < -0.4 is 11.1 Å². The van der Waals surface area contributed by atoms with Crippen LogP contribution in [0, 0.1) is 5.92 Å². The summed E-state index contributed by atoms with van der Waals surface area (Å²) in [6.07, 6.45) is -0.0380. The van der Waals surface area contributed by atoms with Gasteiger partial charge in [0.2, 0.25) is 5.91 Å². The van der Waals surface area contributed by atoms with Gasteiger partial charge < -0.3 is 16.2 Å². The van der Waals surface area contributed by atoms with E-state index in [1.807, 2.05) is 38.1 Å². The third-order valence-electron chi connectivity index (χ3n) is 3.30. The standard InChI is InChI=1S/C15H23BrN2O2/c1-10(2)8-15(3,14(17)20)18-9-13(19)11-4-6-12(16)7-5-11/h4-7,10,13,18-19H,8-9H2,1-3H3,(H2,17,20). The maximum Gasteiger partial charge on any atom is 0.237 e. The van der Waals surface area contributed by atoms with Gasteiger partial charge in [-0.05, 0) is 37.0 Å². The molecule has 112 valence electrons. The van der Waals surface area contributed by atoms with Crippen molar-refractivity contribution in [3.05, 3.63) is 34.3 Å². The zero-order chi connectivity index (χ0) is 15.3. The molecule has 0 fully saturated rings. The van der Waals surface area contributed by atoms with E-state index in [9.17, 15) is 9.90 Å². The summed E-state index contributed by atoms with van der Waals surface area (Å²) < 4.78 is 0.961. The number of hydrogen-bond donors (Lipinski definition) is 3. The minimum absolute atomic E-state index is 0.286. The molecule has 0 aromatic heterocycles. The zero-order valence-corrected chi connectivity index (χ0v) is 13.8. The maximum atomic E-state index is 11.6. The minimum Gasteiger partial charge on any atom is -0.387 e. The molecule has 1 amide bonds.